The zero-order chi connectivity index (χ0) is 15.6. The van der Waals surface area contributed by atoms with Gasteiger partial charge >= 0.3 is 6.03 Å². The summed E-state index contributed by atoms with van der Waals surface area (Å²) in [6, 6.07) is 13.8. The lowest BCUT2D eigenvalue weighted by molar-refractivity contribution is 0.239. The Labute approximate surface area is 135 Å². The number of aliphatic hydroxyl groups is 1. The molecule has 3 N–H and O–H groups in total. The van der Waals surface area contributed by atoms with Crippen molar-refractivity contribution in [1.82, 2.24) is 10.6 Å². The standard InChI is InChI=1S/C17H22N2O2S/c20-11-9-15(16-7-4-12-22-16)8-10-18-17(21)19-13-14-5-2-1-3-6-14/h1-7,12,15,20H,8-11,13H2,(H2,18,19,21). The van der Waals surface area contributed by atoms with Crippen molar-refractivity contribution in [3.63, 3.8) is 0 Å². The number of hydrogen-bond donors (Lipinski definition) is 3. The van der Waals surface area contributed by atoms with Gasteiger partial charge in [0.25, 0.3) is 0 Å². The summed E-state index contributed by atoms with van der Waals surface area (Å²) in [5, 5.41) is 16.9. The number of thiophene rings is 1. The fraction of sp³-hybridized carbons (Fsp3) is 0.353. The molecule has 0 bridgehead atoms. The van der Waals surface area contributed by atoms with E-state index in [2.05, 4.69) is 16.7 Å². The Bertz CT molecular complexity index is 543. The average molecular weight is 318 g/mol. The van der Waals surface area contributed by atoms with Crippen LogP contribution in [0.2, 0.25) is 0 Å². The van der Waals surface area contributed by atoms with E-state index in [0.29, 0.717) is 19.0 Å². The van der Waals surface area contributed by atoms with Crippen LogP contribution in [-0.2, 0) is 6.54 Å². The van der Waals surface area contributed by atoms with E-state index in [0.717, 1.165) is 18.4 Å². The second-order valence-corrected chi connectivity index (χ2v) is 6.09. The summed E-state index contributed by atoms with van der Waals surface area (Å²) in [6.45, 7) is 1.30. The molecule has 1 aromatic carbocycles. The van der Waals surface area contributed by atoms with Crippen LogP contribution in [0.3, 0.4) is 0 Å². The molecular formula is C17H22N2O2S. The Morgan fingerprint density at radius 2 is 1.91 bits per heavy atom. The van der Waals surface area contributed by atoms with Crippen molar-refractivity contribution in [3.8, 4) is 0 Å². The molecule has 0 aliphatic carbocycles. The summed E-state index contributed by atoms with van der Waals surface area (Å²) in [5.74, 6) is 0.305. The molecule has 0 spiro atoms. The van der Waals surface area contributed by atoms with Gasteiger partial charge in [-0.1, -0.05) is 36.4 Å². The molecule has 1 heterocycles. The van der Waals surface area contributed by atoms with Gasteiger partial charge in [-0.25, -0.2) is 4.79 Å². The predicted octanol–water partition coefficient (Wildman–Crippen LogP) is 3.10. The molecule has 0 fully saturated rings. The van der Waals surface area contributed by atoms with Crippen molar-refractivity contribution < 1.29 is 9.90 Å². The first-order chi connectivity index (χ1) is 10.8. The van der Waals surface area contributed by atoms with Gasteiger partial charge in [-0.2, -0.15) is 0 Å². The number of carbonyl (C=O) groups excluding carboxylic acids is 1. The number of nitrogens with one attached hydrogen (secondary N) is 2. The highest BCUT2D eigenvalue weighted by Crippen LogP contribution is 2.26. The molecule has 118 valence electrons. The third-order valence-corrected chi connectivity index (χ3v) is 4.53. The van der Waals surface area contributed by atoms with E-state index >= 15 is 0 Å². The zero-order valence-electron chi connectivity index (χ0n) is 12.5. The molecule has 1 atom stereocenters. The summed E-state index contributed by atoms with van der Waals surface area (Å²) < 4.78 is 0. The number of rotatable bonds is 8. The SMILES string of the molecule is O=C(NCCC(CCO)c1cccs1)NCc1ccccc1. The molecule has 22 heavy (non-hydrogen) atoms. The van der Waals surface area contributed by atoms with Crippen molar-refractivity contribution in [2.24, 2.45) is 0 Å². The van der Waals surface area contributed by atoms with Gasteiger partial charge in [0.2, 0.25) is 0 Å². The molecule has 2 aromatic rings. The molecule has 0 saturated heterocycles. The number of hydrogen-bond acceptors (Lipinski definition) is 3. The highest BCUT2D eigenvalue weighted by molar-refractivity contribution is 7.10. The van der Waals surface area contributed by atoms with Gasteiger partial charge in [0.15, 0.2) is 0 Å². The Balaban J connectivity index is 1.69. The summed E-state index contributed by atoms with van der Waals surface area (Å²) >= 11 is 1.70. The first-order valence-corrected chi connectivity index (χ1v) is 8.37. The van der Waals surface area contributed by atoms with Crippen LogP contribution in [-0.4, -0.2) is 24.3 Å². The maximum atomic E-state index is 11.8. The number of carbonyl (C=O) groups is 1. The molecule has 4 nitrogen and oxygen atoms in total. The van der Waals surface area contributed by atoms with Crippen LogP contribution < -0.4 is 10.6 Å². The van der Waals surface area contributed by atoms with E-state index in [1.807, 2.05) is 41.8 Å². The van der Waals surface area contributed by atoms with Gasteiger partial charge in [0.05, 0.1) is 0 Å². The smallest absolute Gasteiger partial charge is 0.315 e. The van der Waals surface area contributed by atoms with Crippen LogP contribution in [0.25, 0.3) is 0 Å². The molecule has 2 rings (SSSR count). The molecule has 0 aliphatic rings. The van der Waals surface area contributed by atoms with Gasteiger partial charge in [-0.05, 0) is 35.8 Å². The molecule has 0 saturated carbocycles. The number of benzene rings is 1. The second kappa shape index (κ2) is 9.23. The minimum absolute atomic E-state index is 0.155. The van der Waals surface area contributed by atoms with E-state index in [1.165, 1.54) is 4.88 Å². The average Bonchev–Trinajstić information content (AvgIpc) is 3.07. The van der Waals surface area contributed by atoms with Gasteiger partial charge in [-0.3, -0.25) is 0 Å². The molecule has 1 aromatic heterocycles. The molecule has 5 heteroatoms. The number of amides is 2. The fourth-order valence-electron chi connectivity index (χ4n) is 2.31. The van der Waals surface area contributed by atoms with Crippen molar-refractivity contribution in [3.05, 3.63) is 58.3 Å². The van der Waals surface area contributed by atoms with E-state index in [1.54, 1.807) is 11.3 Å². The molecular weight excluding hydrogens is 296 g/mol. The van der Waals surface area contributed by atoms with E-state index in [-0.39, 0.29) is 12.6 Å². The van der Waals surface area contributed by atoms with Crippen LogP contribution in [0.1, 0.15) is 29.2 Å². The lowest BCUT2D eigenvalue weighted by atomic mass is 10.00. The maximum Gasteiger partial charge on any atom is 0.315 e. The van der Waals surface area contributed by atoms with Crippen molar-refractivity contribution in [1.29, 1.82) is 0 Å². The van der Waals surface area contributed by atoms with E-state index in [4.69, 9.17) is 5.11 Å². The first kappa shape index (κ1) is 16.5. The Kier molecular flexibility index (Phi) is 6.93. The van der Waals surface area contributed by atoms with E-state index in [9.17, 15) is 4.79 Å². The van der Waals surface area contributed by atoms with Gasteiger partial charge < -0.3 is 15.7 Å². The summed E-state index contributed by atoms with van der Waals surface area (Å²) in [4.78, 5) is 13.0. The quantitative estimate of drug-likeness (QED) is 0.700. The van der Waals surface area contributed by atoms with Crippen LogP contribution in [0.4, 0.5) is 4.79 Å². The Morgan fingerprint density at radius 3 is 2.59 bits per heavy atom. The highest BCUT2D eigenvalue weighted by Gasteiger charge is 2.12. The fourth-order valence-corrected chi connectivity index (χ4v) is 3.21. The van der Waals surface area contributed by atoms with Crippen LogP contribution >= 0.6 is 11.3 Å². The summed E-state index contributed by atoms with van der Waals surface area (Å²) in [7, 11) is 0. The van der Waals surface area contributed by atoms with Gasteiger partial charge in [0, 0.05) is 24.6 Å². The van der Waals surface area contributed by atoms with Crippen LogP contribution in [0.5, 0.6) is 0 Å². The van der Waals surface area contributed by atoms with Crippen molar-refractivity contribution >= 4 is 17.4 Å². The number of aliphatic hydroxyl groups excluding tert-OH is 1. The predicted molar refractivity (Wildman–Crippen MR) is 90.1 cm³/mol. The lowest BCUT2D eigenvalue weighted by Gasteiger charge is -2.15. The minimum Gasteiger partial charge on any atom is -0.396 e. The Morgan fingerprint density at radius 1 is 1.09 bits per heavy atom. The first-order valence-electron chi connectivity index (χ1n) is 7.49. The molecule has 0 radical (unpaired) electrons. The normalized spacial score (nSPS) is 11.9. The van der Waals surface area contributed by atoms with Crippen LogP contribution in [0.15, 0.2) is 47.8 Å². The third-order valence-electron chi connectivity index (χ3n) is 3.50. The molecule has 0 aliphatic heterocycles. The summed E-state index contributed by atoms with van der Waals surface area (Å²) in [6.07, 6.45) is 1.56. The second-order valence-electron chi connectivity index (χ2n) is 5.11. The van der Waals surface area contributed by atoms with Crippen molar-refractivity contribution in [2.45, 2.75) is 25.3 Å². The topological polar surface area (TPSA) is 61.4 Å². The van der Waals surface area contributed by atoms with Crippen LogP contribution in [0, 0.1) is 0 Å². The minimum atomic E-state index is -0.155. The van der Waals surface area contributed by atoms with Gasteiger partial charge in [-0.15, -0.1) is 11.3 Å². The highest BCUT2D eigenvalue weighted by atomic mass is 32.1. The van der Waals surface area contributed by atoms with E-state index < -0.39 is 0 Å². The largest absolute Gasteiger partial charge is 0.396 e. The third kappa shape index (κ3) is 5.50. The Hall–Kier alpha value is -1.85. The molecule has 1 unspecified atom stereocenters. The lowest BCUT2D eigenvalue weighted by Crippen LogP contribution is -2.36. The number of urea groups is 1. The van der Waals surface area contributed by atoms with Gasteiger partial charge in [0.1, 0.15) is 0 Å². The molecule has 2 amide bonds. The zero-order valence-corrected chi connectivity index (χ0v) is 13.3. The monoisotopic (exact) mass is 318 g/mol. The summed E-state index contributed by atoms with van der Waals surface area (Å²) in [5.41, 5.74) is 1.08. The maximum absolute atomic E-state index is 11.8. The van der Waals surface area contributed by atoms with Crippen molar-refractivity contribution in [2.75, 3.05) is 13.2 Å².